The van der Waals surface area contributed by atoms with Gasteiger partial charge in [-0.3, -0.25) is 10.4 Å². The van der Waals surface area contributed by atoms with Crippen molar-refractivity contribution >= 4 is 11.4 Å². The number of pyridine rings is 1. The molecule has 92 valence electrons. The van der Waals surface area contributed by atoms with Crippen LogP contribution in [0.4, 0.5) is 14.5 Å². The second-order valence-corrected chi connectivity index (χ2v) is 3.67. The van der Waals surface area contributed by atoms with E-state index in [-0.39, 0.29) is 5.69 Å². The predicted octanol–water partition coefficient (Wildman–Crippen LogP) is 3.20. The fourth-order valence-corrected chi connectivity index (χ4v) is 1.38. The lowest BCUT2D eigenvalue weighted by atomic mass is 10.2. The van der Waals surface area contributed by atoms with Crippen LogP contribution in [0.15, 0.2) is 47.8 Å². The number of anilines is 1. The molecular formula is C13H11F2N3. The van der Waals surface area contributed by atoms with E-state index in [1.807, 2.05) is 0 Å². The van der Waals surface area contributed by atoms with Crippen LogP contribution >= 0.6 is 0 Å². The third-order valence-corrected chi connectivity index (χ3v) is 2.37. The molecule has 18 heavy (non-hydrogen) atoms. The summed E-state index contributed by atoms with van der Waals surface area (Å²) in [6.07, 6.45) is 3.29. The van der Waals surface area contributed by atoms with Gasteiger partial charge in [0.2, 0.25) is 0 Å². The maximum atomic E-state index is 13.3. The van der Waals surface area contributed by atoms with Gasteiger partial charge in [0.1, 0.15) is 5.82 Å². The molecule has 3 nitrogen and oxygen atoms in total. The van der Waals surface area contributed by atoms with Crippen molar-refractivity contribution in [3.63, 3.8) is 0 Å². The van der Waals surface area contributed by atoms with E-state index in [1.165, 1.54) is 12.1 Å². The van der Waals surface area contributed by atoms with Crippen LogP contribution in [-0.2, 0) is 0 Å². The summed E-state index contributed by atoms with van der Waals surface area (Å²) in [6.45, 7) is 1.78. The summed E-state index contributed by atoms with van der Waals surface area (Å²) in [5.41, 5.74) is 4.25. The molecule has 5 heteroatoms. The van der Waals surface area contributed by atoms with Gasteiger partial charge < -0.3 is 0 Å². The Balaban J connectivity index is 2.15. The van der Waals surface area contributed by atoms with E-state index in [0.717, 1.165) is 11.6 Å². The molecule has 0 unspecified atom stereocenters. The Labute approximate surface area is 103 Å². The molecule has 0 saturated carbocycles. The molecule has 0 amide bonds. The molecular weight excluding hydrogens is 236 g/mol. The number of halogens is 2. The first-order valence-corrected chi connectivity index (χ1v) is 5.32. The highest BCUT2D eigenvalue weighted by Gasteiger charge is 2.02. The standard InChI is InChI=1S/C13H11F2N3/c1-9(10-4-6-16-7-5-10)17-18-13-3-2-11(14)8-12(13)15/h2-8,18H,1H3. The molecule has 0 aliphatic heterocycles. The van der Waals surface area contributed by atoms with Gasteiger partial charge in [0, 0.05) is 24.0 Å². The third-order valence-electron chi connectivity index (χ3n) is 2.37. The number of nitrogens with zero attached hydrogens (tertiary/aromatic N) is 2. The molecule has 0 atom stereocenters. The normalized spacial score (nSPS) is 11.4. The topological polar surface area (TPSA) is 37.3 Å². The molecule has 0 saturated heterocycles. The summed E-state index contributed by atoms with van der Waals surface area (Å²) in [5.74, 6) is -1.30. The Morgan fingerprint density at radius 1 is 1.17 bits per heavy atom. The minimum Gasteiger partial charge on any atom is -0.275 e. The molecule has 0 aliphatic rings. The molecule has 2 rings (SSSR count). The van der Waals surface area contributed by atoms with E-state index < -0.39 is 11.6 Å². The van der Waals surface area contributed by atoms with Gasteiger partial charge in [-0.2, -0.15) is 5.10 Å². The maximum Gasteiger partial charge on any atom is 0.151 e. The summed E-state index contributed by atoms with van der Waals surface area (Å²) in [7, 11) is 0. The number of hydrogen-bond acceptors (Lipinski definition) is 3. The van der Waals surface area contributed by atoms with Gasteiger partial charge in [-0.25, -0.2) is 8.78 Å². The first-order chi connectivity index (χ1) is 8.66. The van der Waals surface area contributed by atoms with Crippen molar-refractivity contribution in [2.24, 2.45) is 5.10 Å². The van der Waals surface area contributed by atoms with Gasteiger partial charge >= 0.3 is 0 Å². The largest absolute Gasteiger partial charge is 0.275 e. The lowest BCUT2D eigenvalue weighted by Crippen LogP contribution is -2.01. The maximum absolute atomic E-state index is 13.3. The molecule has 1 heterocycles. The summed E-state index contributed by atoms with van der Waals surface area (Å²) in [5, 5.41) is 4.03. The molecule has 1 N–H and O–H groups in total. The molecule has 0 radical (unpaired) electrons. The summed E-state index contributed by atoms with van der Waals surface area (Å²) >= 11 is 0. The summed E-state index contributed by atoms with van der Waals surface area (Å²) in [6, 6.07) is 6.86. The molecule has 1 aromatic carbocycles. The lowest BCUT2D eigenvalue weighted by molar-refractivity contribution is 0.585. The average Bonchev–Trinajstić information content (AvgIpc) is 2.38. The van der Waals surface area contributed by atoms with Crippen molar-refractivity contribution in [1.29, 1.82) is 0 Å². The highest BCUT2D eigenvalue weighted by molar-refractivity contribution is 5.98. The van der Waals surface area contributed by atoms with Crippen LogP contribution in [0.3, 0.4) is 0 Å². The van der Waals surface area contributed by atoms with Crippen molar-refractivity contribution in [3.05, 3.63) is 59.9 Å². The first-order valence-electron chi connectivity index (χ1n) is 5.32. The zero-order chi connectivity index (χ0) is 13.0. The van der Waals surface area contributed by atoms with Crippen LogP contribution < -0.4 is 5.43 Å². The van der Waals surface area contributed by atoms with Crippen LogP contribution in [0.5, 0.6) is 0 Å². The Morgan fingerprint density at radius 3 is 2.56 bits per heavy atom. The fourth-order valence-electron chi connectivity index (χ4n) is 1.38. The smallest absolute Gasteiger partial charge is 0.151 e. The Hall–Kier alpha value is -2.30. The Kier molecular flexibility index (Phi) is 3.62. The zero-order valence-corrected chi connectivity index (χ0v) is 9.69. The summed E-state index contributed by atoms with van der Waals surface area (Å²) in [4.78, 5) is 3.89. The SMILES string of the molecule is CC(=NNc1ccc(F)cc1F)c1ccncc1. The molecule has 1 aromatic heterocycles. The number of nitrogens with one attached hydrogen (secondary N) is 1. The van der Waals surface area contributed by atoms with Gasteiger partial charge in [0.25, 0.3) is 0 Å². The lowest BCUT2D eigenvalue weighted by Gasteiger charge is -2.04. The van der Waals surface area contributed by atoms with Crippen molar-refractivity contribution in [1.82, 2.24) is 4.98 Å². The second-order valence-electron chi connectivity index (χ2n) is 3.67. The minimum absolute atomic E-state index is 0.129. The minimum atomic E-state index is -0.679. The predicted molar refractivity (Wildman–Crippen MR) is 66.4 cm³/mol. The van der Waals surface area contributed by atoms with Crippen molar-refractivity contribution in [2.75, 3.05) is 5.43 Å². The van der Waals surface area contributed by atoms with Gasteiger partial charge in [0.05, 0.1) is 11.4 Å². The van der Waals surface area contributed by atoms with Crippen LogP contribution in [-0.4, -0.2) is 10.7 Å². The van der Waals surface area contributed by atoms with Gasteiger partial charge in [0.15, 0.2) is 5.82 Å². The summed E-state index contributed by atoms with van der Waals surface area (Å²) < 4.78 is 26.0. The third kappa shape index (κ3) is 2.88. The molecule has 2 aromatic rings. The Morgan fingerprint density at radius 2 is 1.89 bits per heavy atom. The van der Waals surface area contributed by atoms with E-state index >= 15 is 0 Å². The van der Waals surface area contributed by atoms with Crippen LogP contribution in [0.1, 0.15) is 12.5 Å². The number of hydrogen-bond donors (Lipinski definition) is 1. The highest BCUT2D eigenvalue weighted by atomic mass is 19.1. The van der Waals surface area contributed by atoms with E-state index in [2.05, 4.69) is 15.5 Å². The molecule has 0 aliphatic carbocycles. The average molecular weight is 247 g/mol. The van der Waals surface area contributed by atoms with E-state index in [9.17, 15) is 8.78 Å². The monoisotopic (exact) mass is 247 g/mol. The van der Waals surface area contributed by atoms with Crippen molar-refractivity contribution in [3.8, 4) is 0 Å². The van der Waals surface area contributed by atoms with E-state index in [1.54, 1.807) is 31.5 Å². The number of benzene rings is 1. The van der Waals surface area contributed by atoms with Crippen molar-refractivity contribution in [2.45, 2.75) is 6.92 Å². The zero-order valence-electron chi connectivity index (χ0n) is 9.69. The van der Waals surface area contributed by atoms with Crippen molar-refractivity contribution < 1.29 is 8.78 Å². The van der Waals surface area contributed by atoms with Gasteiger partial charge in [-0.05, 0) is 31.2 Å². The first kappa shape index (κ1) is 12.2. The van der Waals surface area contributed by atoms with Crippen LogP contribution in [0.2, 0.25) is 0 Å². The number of hydrazone groups is 1. The fraction of sp³-hybridized carbons (Fsp3) is 0.0769. The van der Waals surface area contributed by atoms with E-state index in [0.29, 0.717) is 5.71 Å². The van der Waals surface area contributed by atoms with Crippen LogP contribution in [0.25, 0.3) is 0 Å². The van der Waals surface area contributed by atoms with Crippen LogP contribution in [0, 0.1) is 11.6 Å². The van der Waals surface area contributed by atoms with Gasteiger partial charge in [-0.1, -0.05) is 0 Å². The number of aromatic nitrogens is 1. The highest BCUT2D eigenvalue weighted by Crippen LogP contribution is 2.15. The van der Waals surface area contributed by atoms with Gasteiger partial charge in [-0.15, -0.1) is 0 Å². The molecule has 0 fully saturated rings. The molecule has 0 bridgehead atoms. The van der Waals surface area contributed by atoms with E-state index in [4.69, 9.17) is 0 Å². The molecule has 0 spiro atoms. The Bertz CT molecular complexity index is 568. The second kappa shape index (κ2) is 5.35. The quantitative estimate of drug-likeness (QED) is 0.668. The number of rotatable bonds is 3.